The summed E-state index contributed by atoms with van der Waals surface area (Å²) in [6, 6.07) is 16.1. The number of hydrogen-bond donors (Lipinski definition) is 2. The number of unbranched alkanes of at least 4 members (excludes halogenated alkanes) is 3. The van der Waals surface area contributed by atoms with Crippen LogP contribution in [0.2, 0.25) is 0 Å². The van der Waals surface area contributed by atoms with E-state index in [0.29, 0.717) is 19.5 Å². The number of nitrogens with zero attached hydrogens (tertiary/aromatic N) is 1. The fourth-order valence-electron chi connectivity index (χ4n) is 5.98. The quantitative estimate of drug-likeness (QED) is 0.118. The minimum absolute atomic E-state index is 0.000321. The zero-order chi connectivity index (χ0) is 32.9. The van der Waals surface area contributed by atoms with Gasteiger partial charge in [0.2, 0.25) is 0 Å². The number of phenolic OH excluding ortho intramolecular Hbond substituents is 1. The molecular weight excluding hydrogens is 613 g/mol. The number of sulfone groups is 1. The van der Waals surface area contributed by atoms with Crippen molar-refractivity contribution in [3.05, 3.63) is 65.2 Å². The van der Waals surface area contributed by atoms with Crippen LogP contribution in [0.25, 0.3) is 11.1 Å². The number of phenols is 1. The number of hydrogen-bond acceptors (Lipinski definition) is 5. The fraction of sp³-hybridized carbons (Fsp3) is 0.588. The Balaban J connectivity index is 1.48. The van der Waals surface area contributed by atoms with Gasteiger partial charge in [-0.05, 0) is 111 Å². The van der Waals surface area contributed by atoms with Crippen molar-refractivity contribution in [3.63, 3.8) is 0 Å². The number of aliphatic hydroxyl groups is 1. The molecule has 45 heavy (non-hydrogen) atoms. The monoisotopic (exact) mass is 659 g/mol. The Bertz CT molecular complexity index is 1330. The summed E-state index contributed by atoms with van der Waals surface area (Å²) in [5.74, 6) is -5.60. The molecule has 0 aromatic heterocycles. The summed E-state index contributed by atoms with van der Waals surface area (Å²) in [6.45, 7) is 1.75. The van der Waals surface area contributed by atoms with Crippen LogP contribution in [0, 0.1) is 0 Å². The van der Waals surface area contributed by atoms with Crippen molar-refractivity contribution in [2.45, 2.75) is 89.1 Å². The summed E-state index contributed by atoms with van der Waals surface area (Å²) < 4.78 is 87.7. The van der Waals surface area contributed by atoms with Gasteiger partial charge in [0.25, 0.3) is 0 Å². The lowest BCUT2D eigenvalue weighted by molar-refractivity contribution is -0.284. The van der Waals surface area contributed by atoms with Crippen LogP contribution in [-0.4, -0.2) is 73.4 Å². The molecule has 0 saturated heterocycles. The molecule has 0 unspecified atom stereocenters. The average Bonchev–Trinajstić information content (AvgIpc) is 3.15. The maximum absolute atomic E-state index is 13.1. The van der Waals surface area contributed by atoms with Crippen molar-refractivity contribution in [1.29, 1.82) is 0 Å². The van der Waals surface area contributed by atoms with Gasteiger partial charge < -0.3 is 15.1 Å². The average molecular weight is 660 g/mol. The van der Waals surface area contributed by atoms with Gasteiger partial charge in [-0.3, -0.25) is 0 Å². The highest BCUT2D eigenvalue weighted by Crippen LogP contribution is 2.40. The van der Waals surface area contributed by atoms with Crippen molar-refractivity contribution >= 4 is 21.0 Å². The molecule has 2 N–H and O–H groups in total. The lowest BCUT2D eigenvalue weighted by Gasteiger charge is -2.22. The number of fused-ring (bicyclic) bond motifs is 1. The van der Waals surface area contributed by atoms with E-state index in [-0.39, 0.29) is 24.5 Å². The van der Waals surface area contributed by atoms with Gasteiger partial charge in [-0.2, -0.15) is 22.0 Å². The number of aliphatic hydroxyl groups excluding tert-OH is 1. The molecule has 0 bridgehead atoms. The van der Waals surface area contributed by atoms with Crippen molar-refractivity contribution in [3.8, 4) is 5.75 Å². The van der Waals surface area contributed by atoms with Gasteiger partial charge in [0.15, 0.2) is 0 Å². The standard InChI is InChI=1S/C34H46F5NO4S/c35-33(36,34(37,38)39)19-9-24-45(43,44)25-11-22-40(21-10-23-41)20-7-2-1-6-15-32-30(27-12-4-3-5-13-27)16-8-14-28-26-29(42)17-18-31(28)32/h3-5,12-13,17-18,26,41-42H,1-2,6-11,14-16,19-25H2. The van der Waals surface area contributed by atoms with E-state index in [0.717, 1.165) is 57.9 Å². The molecule has 5 nitrogen and oxygen atoms in total. The summed E-state index contributed by atoms with van der Waals surface area (Å²) in [5, 5.41) is 19.4. The molecule has 2 aromatic rings. The fourth-order valence-corrected chi connectivity index (χ4v) is 7.34. The third kappa shape index (κ3) is 12.0. The summed E-state index contributed by atoms with van der Waals surface area (Å²) in [6.07, 6.45) is 0.492. The molecule has 3 rings (SSSR count). The van der Waals surface area contributed by atoms with Gasteiger partial charge in [0.05, 0.1) is 11.5 Å². The van der Waals surface area contributed by atoms with Crippen LogP contribution in [0.5, 0.6) is 5.75 Å². The van der Waals surface area contributed by atoms with E-state index in [4.69, 9.17) is 0 Å². The predicted molar refractivity (Wildman–Crippen MR) is 169 cm³/mol. The van der Waals surface area contributed by atoms with Gasteiger partial charge in [-0.25, -0.2) is 8.42 Å². The number of rotatable bonds is 19. The van der Waals surface area contributed by atoms with Crippen LogP contribution >= 0.6 is 0 Å². The third-order valence-electron chi connectivity index (χ3n) is 8.35. The van der Waals surface area contributed by atoms with Crippen LogP contribution < -0.4 is 0 Å². The first-order chi connectivity index (χ1) is 21.3. The van der Waals surface area contributed by atoms with Crippen molar-refractivity contribution < 1.29 is 40.6 Å². The zero-order valence-electron chi connectivity index (χ0n) is 25.8. The van der Waals surface area contributed by atoms with Crippen LogP contribution in [0.4, 0.5) is 22.0 Å². The van der Waals surface area contributed by atoms with Crippen molar-refractivity contribution in [2.24, 2.45) is 0 Å². The summed E-state index contributed by atoms with van der Waals surface area (Å²) in [7, 11) is -3.75. The van der Waals surface area contributed by atoms with E-state index >= 15 is 0 Å². The highest BCUT2D eigenvalue weighted by Gasteiger charge is 2.56. The van der Waals surface area contributed by atoms with E-state index in [2.05, 4.69) is 29.2 Å². The van der Waals surface area contributed by atoms with Gasteiger partial charge in [0.1, 0.15) is 15.6 Å². The predicted octanol–water partition coefficient (Wildman–Crippen LogP) is 8.06. The molecule has 0 amide bonds. The molecule has 11 heteroatoms. The SMILES string of the molecule is O=S(=O)(CCCN(CCCO)CCCCCCC1=C(c2ccccc2)CCCc2cc(O)ccc21)CCCC(F)(F)C(F)(F)F. The Hall–Kier alpha value is -2.50. The van der Waals surface area contributed by atoms with E-state index in [1.807, 2.05) is 18.2 Å². The summed E-state index contributed by atoms with van der Waals surface area (Å²) in [4.78, 5) is 2.08. The largest absolute Gasteiger partial charge is 0.508 e. The molecule has 2 aromatic carbocycles. The molecule has 0 saturated carbocycles. The Morgan fingerprint density at radius 1 is 0.778 bits per heavy atom. The molecule has 0 heterocycles. The number of benzene rings is 2. The van der Waals surface area contributed by atoms with Gasteiger partial charge in [-0.15, -0.1) is 0 Å². The zero-order valence-corrected chi connectivity index (χ0v) is 26.6. The highest BCUT2D eigenvalue weighted by atomic mass is 32.2. The van der Waals surface area contributed by atoms with Crippen molar-refractivity contribution in [1.82, 2.24) is 4.90 Å². The topological polar surface area (TPSA) is 77.8 Å². The van der Waals surface area contributed by atoms with E-state index in [9.17, 15) is 40.6 Å². The molecule has 0 aliphatic heterocycles. The van der Waals surface area contributed by atoms with Gasteiger partial charge in [-0.1, -0.05) is 49.2 Å². The number of aryl methyl sites for hydroxylation is 1. The van der Waals surface area contributed by atoms with Crippen molar-refractivity contribution in [2.75, 3.05) is 37.7 Å². The van der Waals surface area contributed by atoms with Crippen LogP contribution in [0.1, 0.15) is 87.3 Å². The molecule has 0 atom stereocenters. The third-order valence-corrected chi connectivity index (χ3v) is 10.2. The first-order valence-corrected chi connectivity index (χ1v) is 17.7. The van der Waals surface area contributed by atoms with E-state index < -0.39 is 40.5 Å². The second-order valence-electron chi connectivity index (χ2n) is 11.9. The van der Waals surface area contributed by atoms with E-state index in [1.165, 1.54) is 27.8 Å². The first kappa shape index (κ1) is 37.0. The minimum Gasteiger partial charge on any atom is -0.508 e. The van der Waals surface area contributed by atoms with Crippen LogP contribution in [0.15, 0.2) is 48.5 Å². The van der Waals surface area contributed by atoms with Crippen LogP contribution in [-0.2, 0) is 16.3 Å². The maximum atomic E-state index is 13.1. The first-order valence-electron chi connectivity index (χ1n) is 15.9. The number of alkyl halides is 5. The Kier molecular flexibility index (Phi) is 14.3. The van der Waals surface area contributed by atoms with Crippen LogP contribution in [0.3, 0.4) is 0 Å². The molecular formula is C34H46F5NO4S. The smallest absolute Gasteiger partial charge is 0.453 e. The second kappa shape index (κ2) is 17.4. The minimum atomic E-state index is -5.68. The normalized spacial score (nSPS) is 14.6. The molecule has 1 aliphatic carbocycles. The molecule has 252 valence electrons. The Morgan fingerprint density at radius 2 is 1.44 bits per heavy atom. The Morgan fingerprint density at radius 3 is 2.16 bits per heavy atom. The summed E-state index contributed by atoms with van der Waals surface area (Å²) in [5.41, 5.74) is 6.31. The van der Waals surface area contributed by atoms with E-state index in [1.54, 1.807) is 6.07 Å². The number of halogens is 5. The molecule has 0 spiro atoms. The second-order valence-corrected chi connectivity index (χ2v) is 14.2. The molecule has 1 aliphatic rings. The summed E-state index contributed by atoms with van der Waals surface area (Å²) >= 11 is 0. The molecule has 0 radical (unpaired) electrons. The lowest BCUT2D eigenvalue weighted by atomic mass is 9.89. The maximum Gasteiger partial charge on any atom is 0.453 e. The lowest BCUT2D eigenvalue weighted by Crippen LogP contribution is -2.36. The van der Waals surface area contributed by atoms with Gasteiger partial charge >= 0.3 is 12.1 Å². The number of allylic oxidation sites excluding steroid dienone is 2. The highest BCUT2D eigenvalue weighted by molar-refractivity contribution is 7.91. The van der Waals surface area contributed by atoms with Gasteiger partial charge in [0, 0.05) is 19.6 Å². The molecule has 0 fully saturated rings. The number of aromatic hydroxyl groups is 1. The Labute approximate surface area is 264 Å².